The number of hydrogen-bond acceptors (Lipinski definition) is 3. The van der Waals surface area contributed by atoms with E-state index >= 15 is 0 Å². The standard InChI is InChI=1S/C16H25N3O2/c1-3-17-16(19-8-7-14(11-19)12-21-2)18-10-13-5-4-6-15(20)9-13/h4-6,9,14,20H,3,7-8,10-12H2,1-2H3,(H,17,18). The van der Waals surface area contributed by atoms with Crippen LogP contribution in [0, 0.1) is 5.92 Å². The monoisotopic (exact) mass is 291 g/mol. The summed E-state index contributed by atoms with van der Waals surface area (Å²) >= 11 is 0. The molecule has 2 rings (SSSR count). The normalized spacial score (nSPS) is 19.0. The number of nitrogens with zero attached hydrogens (tertiary/aromatic N) is 2. The van der Waals surface area contributed by atoms with Gasteiger partial charge in [0.1, 0.15) is 5.75 Å². The van der Waals surface area contributed by atoms with Crippen LogP contribution in [0.4, 0.5) is 0 Å². The van der Waals surface area contributed by atoms with E-state index < -0.39 is 0 Å². The number of likely N-dealkylation sites (tertiary alicyclic amines) is 1. The van der Waals surface area contributed by atoms with Crippen LogP contribution in [0.2, 0.25) is 0 Å². The number of aromatic hydroxyl groups is 1. The molecule has 0 aromatic heterocycles. The molecule has 1 fully saturated rings. The number of rotatable bonds is 5. The third-order valence-electron chi connectivity index (χ3n) is 3.64. The number of ether oxygens (including phenoxy) is 1. The second kappa shape index (κ2) is 7.88. The van der Waals surface area contributed by atoms with E-state index in [1.54, 1.807) is 19.2 Å². The molecule has 1 saturated heterocycles. The first kappa shape index (κ1) is 15.6. The minimum Gasteiger partial charge on any atom is -0.508 e. The summed E-state index contributed by atoms with van der Waals surface area (Å²) in [5, 5.41) is 12.8. The maximum Gasteiger partial charge on any atom is 0.194 e. The number of methoxy groups -OCH3 is 1. The fourth-order valence-corrected chi connectivity index (χ4v) is 2.64. The van der Waals surface area contributed by atoms with Crippen LogP contribution in [-0.4, -0.2) is 49.3 Å². The van der Waals surface area contributed by atoms with E-state index in [0.717, 1.165) is 44.2 Å². The SMILES string of the molecule is CCNC(=NCc1cccc(O)c1)N1CCC(COC)C1. The van der Waals surface area contributed by atoms with Crippen LogP contribution in [-0.2, 0) is 11.3 Å². The van der Waals surface area contributed by atoms with Crippen molar-refractivity contribution >= 4 is 5.96 Å². The van der Waals surface area contributed by atoms with E-state index in [0.29, 0.717) is 12.5 Å². The Labute approximate surface area is 126 Å². The topological polar surface area (TPSA) is 57.1 Å². The Bertz CT molecular complexity index is 476. The first-order valence-electron chi connectivity index (χ1n) is 7.53. The molecule has 1 aromatic rings. The molecule has 1 aromatic carbocycles. The predicted molar refractivity (Wildman–Crippen MR) is 84.5 cm³/mol. The Morgan fingerprint density at radius 3 is 3.10 bits per heavy atom. The molecule has 1 atom stereocenters. The summed E-state index contributed by atoms with van der Waals surface area (Å²) in [5.74, 6) is 1.81. The van der Waals surface area contributed by atoms with Crippen molar-refractivity contribution in [1.29, 1.82) is 0 Å². The van der Waals surface area contributed by atoms with Crippen molar-refractivity contribution in [2.75, 3.05) is 33.4 Å². The van der Waals surface area contributed by atoms with Gasteiger partial charge in [0.25, 0.3) is 0 Å². The van der Waals surface area contributed by atoms with Crippen LogP contribution < -0.4 is 5.32 Å². The number of guanidine groups is 1. The molecule has 21 heavy (non-hydrogen) atoms. The quantitative estimate of drug-likeness (QED) is 0.642. The minimum atomic E-state index is 0.286. The van der Waals surface area contributed by atoms with Crippen LogP contribution in [0.1, 0.15) is 18.9 Å². The van der Waals surface area contributed by atoms with E-state index in [9.17, 15) is 5.11 Å². The van der Waals surface area contributed by atoms with Gasteiger partial charge in [0.15, 0.2) is 5.96 Å². The average molecular weight is 291 g/mol. The highest BCUT2D eigenvalue weighted by Crippen LogP contribution is 2.17. The van der Waals surface area contributed by atoms with Crippen LogP contribution in [0.15, 0.2) is 29.3 Å². The zero-order valence-electron chi connectivity index (χ0n) is 12.9. The van der Waals surface area contributed by atoms with Gasteiger partial charge in [0.2, 0.25) is 0 Å². The fourth-order valence-electron chi connectivity index (χ4n) is 2.64. The highest BCUT2D eigenvalue weighted by atomic mass is 16.5. The lowest BCUT2D eigenvalue weighted by Crippen LogP contribution is -2.40. The van der Waals surface area contributed by atoms with Gasteiger partial charge in [-0.3, -0.25) is 0 Å². The van der Waals surface area contributed by atoms with Crippen LogP contribution in [0.25, 0.3) is 0 Å². The van der Waals surface area contributed by atoms with Gasteiger partial charge >= 0.3 is 0 Å². The van der Waals surface area contributed by atoms with Crippen molar-refractivity contribution in [1.82, 2.24) is 10.2 Å². The molecular weight excluding hydrogens is 266 g/mol. The van der Waals surface area contributed by atoms with Crippen molar-refractivity contribution in [3.8, 4) is 5.75 Å². The first-order chi connectivity index (χ1) is 10.2. The van der Waals surface area contributed by atoms with E-state index in [2.05, 4.69) is 22.1 Å². The maximum absolute atomic E-state index is 9.50. The van der Waals surface area contributed by atoms with Gasteiger partial charge in [-0.1, -0.05) is 12.1 Å². The fraction of sp³-hybridized carbons (Fsp3) is 0.562. The second-order valence-electron chi connectivity index (χ2n) is 5.40. The third-order valence-corrected chi connectivity index (χ3v) is 3.64. The zero-order chi connectivity index (χ0) is 15.1. The molecule has 0 bridgehead atoms. The van der Waals surface area contributed by atoms with Gasteiger partial charge in [-0.15, -0.1) is 0 Å². The molecule has 1 heterocycles. The minimum absolute atomic E-state index is 0.286. The number of benzene rings is 1. The zero-order valence-corrected chi connectivity index (χ0v) is 12.9. The van der Waals surface area contributed by atoms with Gasteiger partial charge in [-0.2, -0.15) is 0 Å². The molecule has 0 spiro atoms. The number of phenolic OH excluding ortho intramolecular Hbond substituents is 1. The highest BCUT2D eigenvalue weighted by molar-refractivity contribution is 5.80. The number of aliphatic imine (C=N–C) groups is 1. The van der Waals surface area contributed by atoms with Crippen molar-refractivity contribution in [3.63, 3.8) is 0 Å². The lowest BCUT2D eigenvalue weighted by atomic mass is 10.1. The summed E-state index contributed by atoms with van der Waals surface area (Å²) in [5.41, 5.74) is 1.01. The van der Waals surface area contributed by atoms with Gasteiger partial charge in [0.05, 0.1) is 13.2 Å². The lowest BCUT2D eigenvalue weighted by molar-refractivity contribution is 0.157. The van der Waals surface area contributed by atoms with E-state index in [1.165, 1.54) is 0 Å². The number of nitrogens with one attached hydrogen (secondary N) is 1. The van der Waals surface area contributed by atoms with E-state index in [-0.39, 0.29) is 5.75 Å². The lowest BCUT2D eigenvalue weighted by Gasteiger charge is -2.21. The summed E-state index contributed by atoms with van der Waals surface area (Å²) in [6.45, 7) is 6.31. The second-order valence-corrected chi connectivity index (χ2v) is 5.40. The van der Waals surface area contributed by atoms with Gasteiger partial charge in [-0.25, -0.2) is 4.99 Å². The maximum atomic E-state index is 9.50. The summed E-state index contributed by atoms with van der Waals surface area (Å²) in [7, 11) is 1.75. The van der Waals surface area contributed by atoms with Crippen LogP contribution >= 0.6 is 0 Å². The molecular formula is C16H25N3O2. The molecule has 5 heteroatoms. The first-order valence-corrected chi connectivity index (χ1v) is 7.53. The summed E-state index contributed by atoms with van der Waals surface area (Å²) in [4.78, 5) is 6.97. The molecule has 1 unspecified atom stereocenters. The summed E-state index contributed by atoms with van der Waals surface area (Å²) in [6.07, 6.45) is 1.14. The molecule has 0 amide bonds. The Hall–Kier alpha value is -1.75. The molecule has 0 saturated carbocycles. The smallest absolute Gasteiger partial charge is 0.194 e. The van der Waals surface area contributed by atoms with E-state index in [4.69, 9.17) is 4.74 Å². The third kappa shape index (κ3) is 4.63. The molecule has 2 N–H and O–H groups in total. The van der Waals surface area contributed by atoms with Crippen LogP contribution in [0.5, 0.6) is 5.75 Å². The van der Waals surface area contributed by atoms with Gasteiger partial charge in [0, 0.05) is 32.7 Å². The number of phenols is 1. The van der Waals surface area contributed by atoms with Crippen molar-refractivity contribution in [3.05, 3.63) is 29.8 Å². The molecule has 1 aliphatic rings. The average Bonchev–Trinajstić information content (AvgIpc) is 2.92. The highest BCUT2D eigenvalue weighted by Gasteiger charge is 2.24. The summed E-state index contributed by atoms with van der Waals surface area (Å²) < 4.78 is 5.24. The number of hydrogen-bond donors (Lipinski definition) is 2. The Morgan fingerprint density at radius 1 is 1.52 bits per heavy atom. The Balaban J connectivity index is 1.99. The van der Waals surface area contributed by atoms with Crippen LogP contribution in [0.3, 0.4) is 0 Å². The predicted octanol–water partition coefficient (Wildman–Crippen LogP) is 1.83. The molecule has 1 aliphatic heterocycles. The van der Waals surface area contributed by atoms with Crippen molar-refractivity contribution < 1.29 is 9.84 Å². The Kier molecular flexibility index (Phi) is 5.87. The summed E-state index contributed by atoms with van der Waals surface area (Å²) in [6, 6.07) is 7.25. The molecule has 116 valence electrons. The Morgan fingerprint density at radius 2 is 2.38 bits per heavy atom. The molecule has 0 aliphatic carbocycles. The molecule has 5 nitrogen and oxygen atoms in total. The van der Waals surface area contributed by atoms with Gasteiger partial charge < -0.3 is 20.1 Å². The van der Waals surface area contributed by atoms with Crippen molar-refractivity contribution in [2.24, 2.45) is 10.9 Å². The largest absolute Gasteiger partial charge is 0.508 e. The van der Waals surface area contributed by atoms with Gasteiger partial charge in [-0.05, 0) is 31.0 Å². The van der Waals surface area contributed by atoms with E-state index in [1.807, 2.05) is 12.1 Å². The van der Waals surface area contributed by atoms with Crippen molar-refractivity contribution in [2.45, 2.75) is 19.9 Å². The molecule has 0 radical (unpaired) electrons.